The van der Waals surface area contributed by atoms with Crippen molar-refractivity contribution >= 4 is 29.3 Å². The highest BCUT2D eigenvalue weighted by atomic mass is 16.6. The summed E-state index contributed by atoms with van der Waals surface area (Å²) in [6.45, 7) is 6.07. The number of fused-ring (bicyclic) bond motifs is 1. The molecule has 0 atom stereocenters. The Morgan fingerprint density at radius 2 is 1.77 bits per heavy atom. The Morgan fingerprint density at radius 3 is 2.39 bits per heavy atom. The van der Waals surface area contributed by atoms with Crippen LogP contribution in [0.1, 0.15) is 60.3 Å². The lowest BCUT2D eigenvalue weighted by Crippen LogP contribution is -2.35. The molecule has 2 amide bonds. The molecule has 3 rings (SSSR count). The summed E-state index contributed by atoms with van der Waals surface area (Å²) in [5.41, 5.74) is 2.65. The second kappa shape index (κ2) is 8.10. The Bertz CT molecular complexity index is 1170. The van der Waals surface area contributed by atoms with E-state index in [4.69, 9.17) is 4.74 Å². The highest BCUT2D eigenvalue weighted by Gasteiger charge is 2.41. The largest absolute Gasteiger partial charge is 0.459 e. The maximum Gasteiger partial charge on any atom is 0.326 e. The summed E-state index contributed by atoms with van der Waals surface area (Å²) in [5.74, 6) is -2.65. The molecule has 0 spiro atoms. The van der Waals surface area contributed by atoms with Crippen molar-refractivity contribution in [3.05, 3.63) is 73.3 Å². The smallest absolute Gasteiger partial charge is 0.326 e. The van der Waals surface area contributed by atoms with Crippen molar-refractivity contribution in [2.24, 2.45) is 0 Å². The number of carbonyl (C=O) groups is 4. The van der Waals surface area contributed by atoms with Crippen LogP contribution in [0.3, 0.4) is 0 Å². The van der Waals surface area contributed by atoms with E-state index in [0.717, 1.165) is 17.2 Å². The molecule has 0 saturated heterocycles. The number of ketones is 1. The zero-order valence-electron chi connectivity index (χ0n) is 17.5. The van der Waals surface area contributed by atoms with Crippen LogP contribution in [0.15, 0.2) is 24.3 Å². The molecule has 31 heavy (non-hydrogen) atoms. The number of imide groups is 1. The van der Waals surface area contributed by atoms with Crippen molar-refractivity contribution in [1.82, 2.24) is 4.90 Å². The van der Waals surface area contributed by atoms with E-state index in [0.29, 0.717) is 21.6 Å². The van der Waals surface area contributed by atoms with Gasteiger partial charge in [0.25, 0.3) is 17.5 Å². The molecule has 1 heterocycles. The van der Waals surface area contributed by atoms with Gasteiger partial charge in [0.2, 0.25) is 0 Å². The summed E-state index contributed by atoms with van der Waals surface area (Å²) in [4.78, 5) is 60.4. The fourth-order valence-corrected chi connectivity index (χ4v) is 3.93. The molecule has 0 N–H and O–H groups in total. The molecule has 1 aliphatic rings. The van der Waals surface area contributed by atoms with Gasteiger partial charge in [0, 0.05) is 11.6 Å². The van der Waals surface area contributed by atoms with Crippen molar-refractivity contribution in [2.75, 3.05) is 6.54 Å². The maximum absolute atomic E-state index is 12.6. The molecule has 9 nitrogen and oxygen atoms in total. The molecule has 160 valence electrons. The molecule has 0 saturated carbocycles. The van der Waals surface area contributed by atoms with E-state index in [1.807, 2.05) is 19.9 Å². The molecule has 0 aromatic heterocycles. The number of ether oxygens (including phenoxy) is 1. The van der Waals surface area contributed by atoms with Gasteiger partial charge in [-0.25, -0.2) is 0 Å². The predicted molar refractivity (Wildman–Crippen MR) is 109 cm³/mol. The fourth-order valence-electron chi connectivity index (χ4n) is 3.93. The quantitative estimate of drug-likeness (QED) is 0.229. The van der Waals surface area contributed by atoms with Gasteiger partial charge < -0.3 is 4.74 Å². The van der Waals surface area contributed by atoms with Crippen LogP contribution in [0.2, 0.25) is 0 Å². The second-order valence-corrected chi connectivity index (χ2v) is 7.36. The number of nitrogens with zero attached hydrogens (tertiary/aromatic N) is 2. The number of nitro groups is 1. The predicted octanol–water partition coefficient (Wildman–Crippen LogP) is 3.06. The highest BCUT2D eigenvalue weighted by molar-refractivity contribution is 6.24. The molecule has 0 unspecified atom stereocenters. The monoisotopic (exact) mass is 424 g/mol. The number of esters is 1. The van der Waals surface area contributed by atoms with Gasteiger partial charge in [-0.1, -0.05) is 12.1 Å². The van der Waals surface area contributed by atoms with Crippen LogP contribution in [0, 0.1) is 30.9 Å². The molecular formula is C22H20N2O7. The number of carbonyl (C=O) groups excluding carboxylic acids is 4. The van der Waals surface area contributed by atoms with E-state index in [9.17, 15) is 29.3 Å². The normalized spacial score (nSPS) is 12.7. The minimum Gasteiger partial charge on any atom is -0.459 e. The van der Waals surface area contributed by atoms with Gasteiger partial charge in [0.05, 0.1) is 10.5 Å². The van der Waals surface area contributed by atoms with Crippen LogP contribution < -0.4 is 0 Å². The Hall–Kier alpha value is -3.88. The van der Waals surface area contributed by atoms with Crippen LogP contribution >= 0.6 is 0 Å². The van der Waals surface area contributed by atoms with Gasteiger partial charge in [-0.15, -0.1) is 0 Å². The van der Waals surface area contributed by atoms with Gasteiger partial charge >= 0.3 is 5.97 Å². The molecule has 2 aromatic rings. The zero-order chi connectivity index (χ0) is 23.0. The third-order valence-electron chi connectivity index (χ3n) is 5.32. The van der Waals surface area contributed by atoms with Crippen molar-refractivity contribution < 1.29 is 28.8 Å². The number of aryl methyl sites for hydroxylation is 2. The molecule has 0 aliphatic carbocycles. The lowest BCUT2D eigenvalue weighted by molar-refractivity contribution is -0.385. The maximum atomic E-state index is 12.6. The molecular weight excluding hydrogens is 404 g/mol. The molecule has 9 heteroatoms. The molecule has 0 bridgehead atoms. The van der Waals surface area contributed by atoms with Crippen molar-refractivity contribution in [3.8, 4) is 0 Å². The Kier molecular flexibility index (Phi) is 5.70. The van der Waals surface area contributed by atoms with Crippen LogP contribution in [-0.2, 0) is 16.1 Å². The average molecular weight is 424 g/mol. The van der Waals surface area contributed by atoms with E-state index in [2.05, 4.69) is 0 Å². The molecule has 0 fully saturated rings. The standard InChI is InChI=1S/C22H20N2O7/c1-11-8-12(2)19(14(4)25)13(3)16(11)10-31-18(26)9-23-21(27)15-6-5-7-17(24(29)30)20(15)22(23)28/h5-8H,9-10H2,1-4H3. The van der Waals surface area contributed by atoms with Gasteiger partial charge in [-0.05, 0) is 56.0 Å². The number of amides is 2. The van der Waals surface area contributed by atoms with E-state index in [1.54, 1.807) is 6.92 Å². The number of hydrogen-bond donors (Lipinski definition) is 0. The van der Waals surface area contributed by atoms with E-state index < -0.39 is 34.9 Å². The minimum atomic E-state index is -0.911. The van der Waals surface area contributed by atoms with Crippen molar-refractivity contribution in [2.45, 2.75) is 34.3 Å². The van der Waals surface area contributed by atoms with Crippen molar-refractivity contribution in [3.63, 3.8) is 0 Å². The lowest BCUT2D eigenvalue weighted by Gasteiger charge is -2.17. The summed E-state index contributed by atoms with van der Waals surface area (Å²) >= 11 is 0. The fraction of sp³-hybridized carbons (Fsp3) is 0.273. The van der Waals surface area contributed by atoms with Gasteiger partial charge in [0.15, 0.2) is 5.78 Å². The first-order valence-corrected chi connectivity index (χ1v) is 9.44. The molecule has 2 aromatic carbocycles. The number of benzene rings is 2. The first kappa shape index (κ1) is 21.8. The minimum absolute atomic E-state index is 0.102. The summed E-state index contributed by atoms with van der Waals surface area (Å²) < 4.78 is 5.27. The number of Topliss-reactive ketones (excluding diaryl/α,β-unsaturated/α-hetero) is 1. The summed E-state index contributed by atoms with van der Waals surface area (Å²) in [5, 5.41) is 11.2. The van der Waals surface area contributed by atoms with E-state index in [1.165, 1.54) is 19.1 Å². The number of nitro benzene ring substituents is 1. The summed E-state index contributed by atoms with van der Waals surface area (Å²) in [6, 6.07) is 5.56. The summed E-state index contributed by atoms with van der Waals surface area (Å²) in [6.07, 6.45) is 0. The van der Waals surface area contributed by atoms with E-state index in [-0.39, 0.29) is 23.5 Å². The highest BCUT2D eigenvalue weighted by Crippen LogP contribution is 2.30. The van der Waals surface area contributed by atoms with Crippen LogP contribution in [0.25, 0.3) is 0 Å². The molecule has 1 aliphatic heterocycles. The zero-order valence-corrected chi connectivity index (χ0v) is 17.5. The topological polar surface area (TPSA) is 124 Å². The SMILES string of the molecule is CC(=O)c1c(C)cc(C)c(COC(=O)CN2C(=O)c3cccc([N+](=O)[O-])c3C2=O)c1C. The Labute approximate surface area is 177 Å². The first-order valence-electron chi connectivity index (χ1n) is 9.44. The van der Waals surface area contributed by atoms with Gasteiger partial charge in [-0.3, -0.25) is 34.2 Å². The summed E-state index contributed by atoms with van der Waals surface area (Å²) in [7, 11) is 0. The Morgan fingerprint density at radius 1 is 1.10 bits per heavy atom. The van der Waals surface area contributed by atoms with Gasteiger partial charge in [-0.2, -0.15) is 0 Å². The van der Waals surface area contributed by atoms with Crippen LogP contribution in [0.5, 0.6) is 0 Å². The number of rotatable bonds is 6. The average Bonchev–Trinajstić information content (AvgIpc) is 2.92. The third kappa shape index (κ3) is 3.81. The first-order chi connectivity index (χ1) is 14.5. The van der Waals surface area contributed by atoms with Crippen molar-refractivity contribution in [1.29, 1.82) is 0 Å². The van der Waals surface area contributed by atoms with Crippen LogP contribution in [0.4, 0.5) is 5.69 Å². The second-order valence-electron chi connectivity index (χ2n) is 7.36. The van der Waals surface area contributed by atoms with Gasteiger partial charge in [0.1, 0.15) is 18.7 Å². The molecule has 0 radical (unpaired) electrons. The third-order valence-corrected chi connectivity index (χ3v) is 5.32. The number of hydrogen-bond acceptors (Lipinski definition) is 7. The lowest BCUT2D eigenvalue weighted by atomic mass is 9.92. The Balaban J connectivity index is 1.77. The van der Waals surface area contributed by atoms with E-state index >= 15 is 0 Å². The van der Waals surface area contributed by atoms with Crippen LogP contribution in [-0.4, -0.2) is 39.9 Å².